The highest BCUT2D eigenvalue weighted by Gasteiger charge is 2.36. The number of nitrogens with one attached hydrogen (secondary N) is 1. The van der Waals surface area contributed by atoms with Crippen LogP contribution < -0.4 is 5.32 Å². The van der Waals surface area contributed by atoms with Crippen molar-refractivity contribution in [3.63, 3.8) is 0 Å². The van der Waals surface area contributed by atoms with Gasteiger partial charge in [0.2, 0.25) is 5.91 Å². The zero-order valence-electron chi connectivity index (χ0n) is 17.5. The molecule has 2 fully saturated rings. The number of aromatic nitrogens is 1. The fourth-order valence-corrected chi connectivity index (χ4v) is 4.65. The summed E-state index contributed by atoms with van der Waals surface area (Å²) in [7, 11) is 0. The lowest BCUT2D eigenvalue weighted by Crippen LogP contribution is -2.40. The molecule has 2 aromatic rings. The number of pyridine rings is 1. The number of rotatable bonds is 5. The molecule has 31 heavy (non-hydrogen) atoms. The number of piperidine rings is 1. The van der Waals surface area contributed by atoms with E-state index in [4.69, 9.17) is 11.6 Å². The molecule has 0 bridgehead atoms. The van der Waals surface area contributed by atoms with Gasteiger partial charge in [0.1, 0.15) is 0 Å². The summed E-state index contributed by atoms with van der Waals surface area (Å²) < 4.78 is 0. The molecular formula is C24H26ClN3O3. The van der Waals surface area contributed by atoms with E-state index in [2.05, 4.69) is 17.2 Å². The van der Waals surface area contributed by atoms with Gasteiger partial charge in [-0.2, -0.15) is 0 Å². The fraction of sp³-hybridized carbons (Fsp3) is 0.417. The maximum absolute atomic E-state index is 12.9. The van der Waals surface area contributed by atoms with Crippen LogP contribution in [0.15, 0.2) is 42.6 Å². The lowest BCUT2D eigenvalue weighted by atomic mass is 9.88. The van der Waals surface area contributed by atoms with Gasteiger partial charge in [-0.05, 0) is 55.2 Å². The minimum atomic E-state index is -0.247. The number of hydrogen-bond acceptors (Lipinski definition) is 4. The quantitative estimate of drug-likeness (QED) is 0.720. The Labute approximate surface area is 187 Å². The summed E-state index contributed by atoms with van der Waals surface area (Å²) in [4.78, 5) is 44.0. The van der Waals surface area contributed by atoms with Gasteiger partial charge in [-0.25, -0.2) is 0 Å². The summed E-state index contributed by atoms with van der Waals surface area (Å²) in [6.07, 6.45) is 3.74. The smallest absolute Gasteiger partial charge is 0.255 e. The number of carbonyl (C=O) groups is 3. The van der Waals surface area contributed by atoms with Gasteiger partial charge in [0.25, 0.3) is 5.91 Å². The van der Waals surface area contributed by atoms with Gasteiger partial charge < -0.3 is 10.2 Å². The van der Waals surface area contributed by atoms with Gasteiger partial charge in [-0.15, -0.1) is 0 Å². The molecule has 4 rings (SSSR count). The molecule has 1 aromatic heterocycles. The lowest BCUT2D eigenvalue weighted by molar-refractivity contribution is -0.120. The van der Waals surface area contributed by atoms with E-state index in [1.165, 1.54) is 0 Å². The number of carbonyl (C=O) groups excluding carboxylic acids is 3. The van der Waals surface area contributed by atoms with Crippen molar-refractivity contribution in [3.8, 4) is 0 Å². The molecule has 2 amide bonds. The zero-order chi connectivity index (χ0) is 22.0. The number of hydrogen-bond donors (Lipinski definition) is 1. The largest absolute Gasteiger partial charge is 0.355 e. The Bertz CT molecular complexity index is 967. The molecule has 2 aliphatic rings. The van der Waals surface area contributed by atoms with E-state index in [-0.39, 0.29) is 35.4 Å². The monoisotopic (exact) mass is 439 g/mol. The second-order valence-corrected chi connectivity index (χ2v) is 8.74. The zero-order valence-corrected chi connectivity index (χ0v) is 18.3. The Kier molecular flexibility index (Phi) is 6.37. The van der Waals surface area contributed by atoms with Crippen molar-refractivity contribution in [1.82, 2.24) is 15.2 Å². The number of amides is 2. The Morgan fingerprint density at radius 2 is 1.77 bits per heavy atom. The van der Waals surface area contributed by atoms with Crippen molar-refractivity contribution < 1.29 is 14.4 Å². The van der Waals surface area contributed by atoms with Crippen molar-refractivity contribution in [3.05, 3.63) is 64.4 Å². The molecule has 0 saturated carbocycles. The van der Waals surface area contributed by atoms with Gasteiger partial charge in [0.05, 0.1) is 17.2 Å². The molecule has 0 aliphatic carbocycles. The lowest BCUT2D eigenvalue weighted by Gasteiger charge is -2.31. The van der Waals surface area contributed by atoms with E-state index in [0.717, 1.165) is 6.42 Å². The van der Waals surface area contributed by atoms with Crippen LogP contribution in [0.1, 0.15) is 58.5 Å². The van der Waals surface area contributed by atoms with E-state index in [0.29, 0.717) is 54.3 Å². The second-order valence-electron chi connectivity index (χ2n) is 8.30. The van der Waals surface area contributed by atoms with Gasteiger partial charge in [0, 0.05) is 42.3 Å². The van der Waals surface area contributed by atoms with Crippen LogP contribution in [0.4, 0.5) is 0 Å². The molecular weight excluding hydrogens is 414 g/mol. The minimum Gasteiger partial charge on any atom is -0.355 e. The highest BCUT2D eigenvalue weighted by atomic mass is 35.5. The van der Waals surface area contributed by atoms with Crippen molar-refractivity contribution in [2.45, 2.75) is 32.1 Å². The van der Waals surface area contributed by atoms with Crippen LogP contribution in [0, 0.1) is 11.8 Å². The summed E-state index contributed by atoms with van der Waals surface area (Å²) in [5.41, 5.74) is 1.89. The van der Waals surface area contributed by atoms with Crippen LogP contribution in [0.5, 0.6) is 0 Å². The van der Waals surface area contributed by atoms with Crippen LogP contribution in [0.25, 0.3) is 0 Å². The number of ketones is 1. The molecule has 2 atom stereocenters. The van der Waals surface area contributed by atoms with Gasteiger partial charge in [-0.3, -0.25) is 19.4 Å². The molecule has 0 radical (unpaired) electrons. The van der Waals surface area contributed by atoms with E-state index in [1.54, 1.807) is 47.5 Å². The summed E-state index contributed by atoms with van der Waals surface area (Å²) in [5, 5.41) is 3.50. The third-order valence-electron chi connectivity index (χ3n) is 6.45. The third kappa shape index (κ3) is 4.49. The highest BCUT2D eigenvalue weighted by molar-refractivity contribution is 6.30. The highest BCUT2D eigenvalue weighted by Crippen LogP contribution is 2.30. The maximum atomic E-state index is 12.9. The third-order valence-corrected chi connectivity index (χ3v) is 6.70. The Hall–Kier alpha value is -2.73. The van der Waals surface area contributed by atoms with E-state index in [1.807, 2.05) is 0 Å². The first-order valence-corrected chi connectivity index (χ1v) is 11.2. The standard InChI is InChI=1S/C24H26ClN3O3/c1-2-15-13-27-23(30)21(15)20-8-5-18(14-26-20)24(31)28-11-9-17(10-12-28)22(29)16-3-6-19(25)7-4-16/h3-8,14-15,17,21H,2,9-13H2,1H3,(H,27,30)/t15?,21-/m1/s1. The molecule has 1 aromatic carbocycles. The molecule has 1 N–H and O–H groups in total. The number of Topliss-reactive ketones (excluding diaryl/α,β-unsaturated/α-hetero) is 1. The SMILES string of the molecule is CCC1CNC(=O)[C@H]1c1ccc(C(=O)N2CCC(C(=O)c3ccc(Cl)cc3)CC2)cn1. The number of benzene rings is 1. The summed E-state index contributed by atoms with van der Waals surface area (Å²) in [5.74, 6) is -0.0690. The Balaban J connectivity index is 1.37. The van der Waals surface area contributed by atoms with Gasteiger partial charge >= 0.3 is 0 Å². The van der Waals surface area contributed by atoms with E-state index in [9.17, 15) is 14.4 Å². The van der Waals surface area contributed by atoms with Crippen molar-refractivity contribution in [2.24, 2.45) is 11.8 Å². The van der Waals surface area contributed by atoms with Crippen molar-refractivity contribution in [1.29, 1.82) is 0 Å². The first-order valence-electron chi connectivity index (χ1n) is 10.8. The fourth-order valence-electron chi connectivity index (χ4n) is 4.52. The van der Waals surface area contributed by atoms with Crippen molar-refractivity contribution >= 4 is 29.2 Å². The molecule has 0 spiro atoms. The average molecular weight is 440 g/mol. The Morgan fingerprint density at radius 1 is 1.10 bits per heavy atom. The van der Waals surface area contributed by atoms with Crippen LogP contribution in [-0.4, -0.2) is 47.1 Å². The first-order chi connectivity index (χ1) is 15.0. The number of nitrogens with zero attached hydrogens (tertiary/aromatic N) is 2. The summed E-state index contributed by atoms with van der Waals surface area (Å²) in [6.45, 7) is 3.81. The maximum Gasteiger partial charge on any atom is 0.255 e. The molecule has 2 aliphatic heterocycles. The van der Waals surface area contributed by atoms with Gasteiger partial charge in [0.15, 0.2) is 5.78 Å². The van der Waals surface area contributed by atoms with Crippen LogP contribution >= 0.6 is 11.6 Å². The van der Waals surface area contributed by atoms with Gasteiger partial charge in [-0.1, -0.05) is 24.9 Å². The van der Waals surface area contributed by atoms with E-state index >= 15 is 0 Å². The Morgan fingerprint density at radius 3 is 2.39 bits per heavy atom. The number of likely N-dealkylation sites (tertiary alicyclic amines) is 1. The predicted octanol–water partition coefficient (Wildman–Crippen LogP) is 3.71. The topological polar surface area (TPSA) is 79.4 Å². The first kappa shape index (κ1) is 21.5. The van der Waals surface area contributed by atoms with Crippen LogP contribution in [0.3, 0.4) is 0 Å². The second kappa shape index (κ2) is 9.18. The molecule has 162 valence electrons. The molecule has 2 saturated heterocycles. The van der Waals surface area contributed by atoms with Crippen LogP contribution in [0.2, 0.25) is 5.02 Å². The summed E-state index contributed by atoms with van der Waals surface area (Å²) in [6, 6.07) is 10.5. The predicted molar refractivity (Wildman–Crippen MR) is 118 cm³/mol. The van der Waals surface area contributed by atoms with Crippen LogP contribution in [-0.2, 0) is 4.79 Å². The summed E-state index contributed by atoms with van der Waals surface area (Å²) >= 11 is 5.90. The normalized spacial score (nSPS) is 21.7. The molecule has 1 unspecified atom stereocenters. The van der Waals surface area contributed by atoms with Crippen molar-refractivity contribution in [2.75, 3.05) is 19.6 Å². The molecule has 7 heteroatoms. The molecule has 6 nitrogen and oxygen atoms in total. The average Bonchev–Trinajstić information content (AvgIpc) is 3.19. The van der Waals surface area contributed by atoms with E-state index < -0.39 is 0 Å². The minimum absolute atomic E-state index is 0.00542. The molecule has 3 heterocycles. The number of halogens is 1.